The second-order valence-electron chi connectivity index (χ2n) is 5.47. The van der Waals surface area contributed by atoms with E-state index in [4.69, 9.17) is 10.5 Å². The van der Waals surface area contributed by atoms with Crippen LogP contribution < -0.4 is 11.1 Å². The first-order chi connectivity index (χ1) is 7.28. The van der Waals surface area contributed by atoms with Crippen LogP contribution in [0.5, 0.6) is 0 Å². The summed E-state index contributed by atoms with van der Waals surface area (Å²) in [6.07, 6.45) is 0.495. The molecule has 0 radical (unpaired) electrons. The lowest BCUT2D eigenvalue weighted by molar-refractivity contribution is 0.0472. The van der Waals surface area contributed by atoms with Gasteiger partial charge < -0.3 is 20.7 Å². The van der Waals surface area contributed by atoms with Gasteiger partial charge in [0.15, 0.2) is 0 Å². The zero-order chi connectivity index (χ0) is 12.3. The van der Waals surface area contributed by atoms with Gasteiger partial charge in [0.25, 0.3) is 0 Å². The third-order valence-electron chi connectivity index (χ3n) is 2.56. The number of nitrogens with two attached hydrogens (primary N) is 1. The summed E-state index contributed by atoms with van der Waals surface area (Å²) in [7, 11) is 2.03. The largest absolute Gasteiger partial charge is 0.444 e. The Balaban J connectivity index is 2.39. The highest BCUT2D eigenvalue weighted by Gasteiger charge is 2.27. The normalized spacial score (nSPS) is 27.6. The molecule has 0 aliphatic carbocycles. The fourth-order valence-corrected chi connectivity index (χ4v) is 1.79. The summed E-state index contributed by atoms with van der Waals surface area (Å²) in [6.45, 7) is 7.30. The highest BCUT2D eigenvalue weighted by molar-refractivity contribution is 5.68. The van der Waals surface area contributed by atoms with E-state index in [2.05, 4.69) is 10.2 Å². The van der Waals surface area contributed by atoms with E-state index in [1.165, 1.54) is 0 Å². The molecule has 0 aromatic carbocycles. The molecule has 1 saturated heterocycles. The lowest BCUT2D eigenvalue weighted by Gasteiger charge is -2.35. The first-order valence-electron chi connectivity index (χ1n) is 5.71. The summed E-state index contributed by atoms with van der Waals surface area (Å²) in [6, 6.07) is -0.00248. The van der Waals surface area contributed by atoms with E-state index in [0.717, 1.165) is 19.5 Å². The number of likely N-dealkylation sites (N-methyl/N-ethyl adjacent to an activating group) is 1. The number of carbonyl (C=O) groups is 1. The molecule has 0 aromatic heterocycles. The Bertz CT molecular complexity index is 250. The molecule has 1 aliphatic heterocycles. The van der Waals surface area contributed by atoms with E-state index >= 15 is 0 Å². The molecular weight excluding hydrogens is 206 g/mol. The maximum Gasteiger partial charge on any atom is 0.407 e. The van der Waals surface area contributed by atoms with Crippen LogP contribution in [0.2, 0.25) is 0 Å². The van der Waals surface area contributed by atoms with Crippen molar-refractivity contribution in [2.75, 3.05) is 20.1 Å². The van der Waals surface area contributed by atoms with Crippen LogP contribution in [-0.4, -0.2) is 48.8 Å². The molecule has 0 bridgehead atoms. The number of alkyl carbamates (subject to hydrolysis) is 1. The number of hydrogen-bond acceptors (Lipinski definition) is 4. The van der Waals surface area contributed by atoms with Crippen molar-refractivity contribution in [2.45, 2.75) is 44.9 Å². The monoisotopic (exact) mass is 229 g/mol. The van der Waals surface area contributed by atoms with Gasteiger partial charge in [-0.2, -0.15) is 0 Å². The lowest BCUT2D eigenvalue weighted by atomic mass is 10.0. The third-order valence-corrected chi connectivity index (χ3v) is 2.56. The number of nitrogens with one attached hydrogen (secondary N) is 1. The predicted octanol–water partition coefficient (Wildman–Crippen LogP) is 0.543. The van der Waals surface area contributed by atoms with Crippen molar-refractivity contribution >= 4 is 6.09 Å². The van der Waals surface area contributed by atoms with Gasteiger partial charge in [0.1, 0.15) is 5.60 Å². The summed E-state index contributed by atoms with van der Waals surface area (Å²) in [5, 5.41) is 2.83. The Morgan fingerprint density at radius 3 is 2.62 bits per heavy atom. The fraction of sp³-hybridized carbons (Fsp3) is 0.909. The van der Waals surface area contributed by atoms with E-state index in [9.17, 15) is 4.79 Å². The SMILES string of the molecule is CN1CCC(NC(=O)OC(C)(C)C)C(N)C1. The molecule has 2 atom stereocenters. The second-order valence-corrected chi connectivity index (χ2v) is 5.47. The molecule has 5 nitrogen and oxygen atoms in total. The maximum atomic E-state index is 11.6. The van der Waals surface area contributed by atoms with Crippen LogP contribution in [0.15, 0.2) is 0 Å². The molecule has 1 amide bonds. The van der Waals surface area contributed by atoms with Crippen molar-refractivity contribution in [1.29, 1.82) is 0 Å². The average molecular weight is 229 g/mol. The molecule has 0 aromatic rings. The van der Waals surface area contributed by atoms with Crippen molar-refractivity contribution in [2.24, 2.45) is 5.73 Å². The van der Waals surface area contributed by atoms with Crippen molar-refractivity contribution in [3.63, 3.8) is 0 Å². The summed E-state index contributed by atoms with van der Waals surface area (Å²) >= 11 is 0. The van der Waals surface area contributed by atoms with Crippen LogP contribution in [-0.2, 0) is 4.74 Å². The molecule has 5 heteroatoms. The predicted molar refractivity (Wildman–Crippen MR) is 63.2 cm³/mol. The molecule has 94 valence electrons. The van der Waals surface area contributed by atoms with Gasteiger partial charge in [-0.05, 0) is 40.8 Å². The average Bonchev–Trinajstić information content (AvgIpc) is 2.06. The van der Waals surface area contributed by atoms with Gasteiger partial charge in [0, 0.05) is 18.6 Å². The number of likely N-dealkylation sites (tertiary alicyclic amines) is 1. The minimum Gasteiger partial charge on any atom is -0.444 e. The Morgan fingerprint density at radius 1 is 1.50 bits per heavy atom. The molecule has 1 aliphatic rings. The van der Waals surface area contributed by atoms with Gasteiger partial charge in [-0.15, -0.1) is 0 Å². The minimum atomic E-state index is -0.459. The number of carbonyl (C=O) groups excluding carboxylic acids is 1. The van der Waals surface area contributed by atoms with Crippen LogP contribution in [0.25, 0.3) is 0 Å². The van der Waals surface area contributed by atoms with Crippen LogP contribution in [0.4, 0.5) is 4.79 Å². The Hall–Kier alpha value is -0.810. The number of amides is 1. The highest BCUT2D eigenvalue weighted by atomic mass is 16.6. The van der Waals surface area contributed by atoms with Gasteiger partial charge >= 0.3 is 6.09 Å². The van der Waals surface area contributed by atoms with Crippen LogP contribution in [0.1, 0.15) is 27.2 Å². The van der Waals surface area contributed by atoms with Crippen molar-refractivity contribution < 1.29 is 9.53 Å². The Morgan fingerprint density at radius 2 is 2.12 bits per heavy atom. The van der Waals surface area contributed by atoms with Gasteiger partial charge in [0.05, 0.1) is 0 Å². The van der Waals surface area contributed by atoms with Crippen LogP contribution in [0, 0.1) is 0 Å². The zero-order valence-corrected chi connectivity index (χ0v) is 10.6. The highest BCUT2D eigenvalue weighted by Crippen LogP contribution is 2.10. The first kappa shape index (κ1) is 13.3. The molecule has 0 spiro atoms. The van der Waals surface area contributed by atoms with Gasteiger partial charge in [-0.25, -0.2) is 4.79 Å². The van der Waals surface area contributed by atoms with E-state index in [1.807, 2.05) is 27.8 Å². The molecule has 1 fully saturated rings. The summed E-state index contributed by atoms with van der Waals surface area (Å²) in [4.78, 5) is 13.7. The van der Waals surface area contributed by atoms with Gasteiger partial charge in [0.2, 0.25) is 0 Å². The van der Waals surface area contributed by atoms with E-state index in [-0.39, 0.29) is 18.2 Å². The van der Waals surface area contributed by atoms with Crippen molar-refractivity contribution in [3.8, 4) is 0 Å². The summed E-state index contributed by atoms with van der Waals surface area (Å²) in [5.74, 6) is 0. The smallest absolute Gasteiger partial charge is 0.407 e. The standard InChI is InChI=1S/C11H23N3O2/c1-11(2,3)16-10(15)13-9-5-6-14(4)7-8(9)12/h8-9H,5-7,12H2,1-4H3,(H,13,15). The van der Waals surface area contributed by atoms with E-state index in [0.29, 0.717) is 0 Å². The summed E-state index contributed by atoms with van der Waals surface area (Å²) < 4.78 is 5.20. The summed E-state index contributed by atoms with van der Waals surface area (Å²) in [5.41, 5.74) is 5.51. The minimum absolute atomic E-state index is 0.0195. The third kappa shape index (κ3) is 4.37. The maximum absolute atomic E-state index is 11.6. The van der Waals surface area contributed by atoms with Gasteiger partial charge in [-0.1, -0.05) is 0 Å². The molecule has 1 rings (SSSR count). The first-order valence-corrected chi connectivity index (χ1v) is 5.71. The zero-order valence-electron chi connectivity index (χ0n) is 10.6. The van der Waals surface area contributed by atoms with Crippen molar-refractivity contribution in [1.82, 2.24) is 10.2 Å². The van der Waals surface area contributed by atoms with Crippen LogP contribution >= 0.6 is 0 Å². The quantitative estimate of drug-likeness (QED) is 0.689. The fourth-order valence-electron chi connectivity index (χ4n) is 1.79. The lowest BCUT2D eigenvalue weighted by Crippen LogP contribution is -2.57. The molecule has 1 heterocycles. The Labute approximate surface area is 97.3 Å². The molecular formula is C11H23N3O2. The number of nitrogens with zero attached hydrogens (tertiary/aromatic N) is 1. The number of rotatable bonds is 1. The Kier molecular flexibility index (Phi) is 4.15. The van der Waals surface area contributed by atoms with Crippen LogP contribution in [0.3, 0.4) is 0 Å². The van der Waals surface area contributed by atoms with Crippen molar-refractivity contribution in [3.05, 3.63) is 0 Å². The molecule has 0 saturated carbocycles. The van der Waals surface area contributed by atoms with Gasteiger partial charge in [-0.3, -0.25) is 0 Å². The second kappa shape index (κ2) is 5.01. The van der Waals surface area contributed by atoms with E-state index in [1.54, 1.807) is 0 Å². The molecule has 3 N–H and O–H groups in total. The number of ether oxygens (including phenoxy) is 1. The molecule has 2 unspecified atom stereocenters. The number of piperidine rings is 1. The molecule has 16 heavy (non-hydrogen) atoms. The topological polar surface area (TPSA) is 67.6 Å². The number of hydrogen-bond donors (Lipinski definition) is 2. The van der Waals surface area contributed by atoms with E-state index < -0.39 is 5.60 Å².